The van der Waals surface area contributed by atoms with Crippen molar-refractivity contribution in [3.8, 4) is 0 Å². The quantitative estimate of drug-likeness (QED) is 0.171. The van der Waals surface area contributed by atoms with E-state index in [0.717, 1.165) is 25.0 Å². The molecule has 4 atom stereocenters. The molecule has 0 aromatic carbocycles. The molecule has 0 radical (unpaired) electrons. The number of ketones is 2. The summed E-state index contributed by atoms with van der Waals surface area (Å²) in [5, 5.41) is 10.1. The van der Waals surface area contributed by atoms with E-state index in [9.17, 15) is 19.5 Å². The number of ether oxygens (including phenoxy) is 1. The lowest BCUT2D eigenvalue weighted by Crippen LogP contribution is -2.43. The number of esters is 1. The Bertz CT molecular complexity index is 1300. The first kappa shape index (κ1) is 31.6. The molecule has 1 N–H and O–H groups in total. The van der Waals surface area contributed by atoms with Gasteiger partial charge < -0.3 is 14.7 Å². The highest BCUT2D eigenvalue weighted by Crippen LogP contribution is 2.50. The fourth-order valence-corrected chi connectivity index (χ4v) is 5.15. The first-order valence-electron chi connectivity index (χ1n) is 14.1. The number of carbonyl (C=O) groups is 3. The van der Waals surface area contributed by atoms with Gasteiger partial charge >= 0.3 is 5.97 Å². The van der Waals surface area contributed by atoms with Crippen LogP contribution in [0, 0.1) is 11.8 Å². The Morgan fingerprint density at radius 1 is 1.18 bits per heavy atom. The van der Waals surface area contributed by atoms with Gasteiger partial charge in [-0.15, -0.1) is 0 Å². The van der Waals surface area contributed by atoms with E-state index in [2.05, 4.69) is 52.8 Å². The summed E-state index contributed by atoms with van der Waals surface area (Å²) in [6.45, 7) is 15.6. The Morgan fingerprint density at radius 2 is 1.85 bits per heavy atom. The number of halogens is 1. The zero-order valence-corrected chi connectivity index (χ0v) is 25.7. The van der Waals surface area contributed by atoms with Crippen molar-refractivity contribution in [1.82, 2.24) is 4.90 Å². The van der Waals surface area contributed by atoms with Crippen LogP contribution in [0.1, 0.15) is 74.7 Å². The highest BCUT2D eigenvalue weighted by molar-refractivity contribution is 6.46. The number of carbonyl (C=O) groups excluding carboxylic acids is 3. The van der Waals surface area contributed by atoms with Crippen molar-refractivity contribution >= 4 is 29.1 Å². The van der Waals surface area contributed by atoms with Gasteiger partial charge in [-0.05, 0) is 65.5 Å². The molecule has 0 amide bonds. The molecule has 216 valence electrons. The van der Waals surface area contributed by atoms with Crippen molar-refractivity contribution in [2.45, 2.75) is 86.4 Å². The van der Waals surface area contributed by atoms with Gasteiger partial charge in [0.15, 0.2) is 11.4 Å². The predicted octanol–water partition coefficient (Wildman–Crippen LogP) is 6.64. The average Bonchev–Trinajstić information content (AvgIpc) is 3.18. The maximum absolute atomic E-state index is 13.5. The second kappa shape index (κ2) is 12.7. The van der Waals surface area contributed by atoms with Crippen LogP contribution >= 0.6 is 11.6 Å². The van der Waals surface area contributed by atoms with E-state index in [4.69, 9.17) is 16.3 Å². The van der Waals surface area contributed by atoms with E-state index >= 15 is 0 Å². The molecule has 2 heterocycles. The summed E-state index contributed by atoms with van der Waals surface area (Å²) in [6, 6.07) is 0. The number of hydrogen-bond donors (Lipinski definition) is 1. The number of hydrogen-bond acceptors (Lipinski definition) is 6. The Kier molecular flexibility index (Phi) is 10.0. The van der Waals surface area contributed by atoms with Crippen LogP contribution in [0.3, 0.4) is 0 Å². The van der Waals surface area contributed by atoms with Crippen LogP contribution in [0.2, 0.25) is 0 Å². The summed E-state index contributed by atoms with van der Waals surface area (Å²) in [7, 11) is 0. The summed E-state index contributed by atoms with van der Waals surface area (Å²) in [5.74, 6) is -2.50. The fraction of sp³-hybridized carbons (Fsp3) is 0.485. The highest BCUT2D eigenvalue weighted by atomic mass is 35.5. The number of nitrogens with zero attached hydrogens (tertiary/aromatic N) is 1. The first-order chi connectivity index (χ1) is 18.7. The largest absolute Gasteiger partial charge is 0.442 e. The third kappa shape index (κ3) is 6.34. The Morgan fingerprint density at radius 3 is 2.45 bits per heavy atom. The van der Waals surface area contributed by atoms with Gasteiger partial charge in [0, 0.05) is 41.1 Å². The molecule has 0 fully saturated rings. The van der Waals surface area contributed by atoms with Gasteiger partial charge in [-0.3, -0.25) is 9.59 Å². The minimum atomic E-state index is -1.72. The molecular formula is C33H42ClNO5. The number of aliphatic hydroxyl groups excluding tert-OH is 1. The van der Waals surface area contributed by atoms with Crippen molar-refractivity contribution in [3.63, 3.8) is 0 Å². The summed E-state index contributed by atoms with van der Waals surface area (Å²) in [6.07, 6.45) is 14.1. The number of fused-ring (bicyclic) bond motifs is 3. The lowest BCUT2D eigenvalue weighted by molar-refractivity contribution is -0.153. The molecule has 3 rings (SSSR count). The molecule has 0 saturated carbocycles. The third-order valence-electron chi connectivity index (χ3n) is 7.92. The second-order valence-corrected chi connectivity index (χ2v) is 11.9. The second-order valence-electron chi connectivity index (χ2n) is 11.5. The zero-order valence-electron chi connectivity index (χ0n) is 24.9. The molecule has 0 spiro atoms. The summed E-state index contributed by atoms with van der Waals surface area (Å²) >= 11 is 6.64. The van der Waals surface area contributed by atoms with Crippen LogP contribution in [0.25, 0.3) is 0 Å². The highest BCUT2D eigenvalue weighted by Gasteiger charge is 2.57. The lowest BCUT2D eigenvalue weighted by atomic mass is 9.74. The minimum absolute atomic E-state index is 0.0369. The normalized spacial score (nSPS) is 23.4. The van der Waals surface area contributed by atoms with E-state index in [-0.39, 0.29) is 16.2 Å². The van der Waals surface area contributed by atoms with Gasteiger partial charge in [0.05, 0.1) is 11.1 Å². The smallest absolute Gasteiger partial charge is 0.343 e. The van der Waals surface area contributed by atoms with Crippen LogP contribution in [0.4, 0.5) is 0 Å². The number of rotatable bonds is 11. The maximum Gasteiger partial charge on any atom is 0.343 e. The Balaban J connectivity index is 2.17. The van der Waals surface area contributed by atoms with Crippen LogP contribution in [-0.2, 0) is 19.1 Å². The zero-order chi connectivity index (χ0) is 29.9. The molecule has 40 heavy (non-hydrogen) atoms. The summed E-state index contributed by atoms with van der Waals surface area (Å²) in [4.78, 5) is 42.0. The molecule has 3 aliphatic rings. The fourth-order valence-electron chi connectivity index (χ4n) is 4.82. The first-order valence-corrected chi connectivity index (χ1v) is 14.4. The van der Waals surface area contributed by atoms with Crippen molar-refractivity contribution in [3.05, 3.63) is 80.7 Å². The minimum Gasteiger partial charge on any atom is -0.442 e. The van der Waals surface area contributed by atoms with Gasteiger partial charge in [0.25, 0.3) is 0 Å². The number of allylic oxidation sites excluding steroid dienone is 7. The number of aliphatic hydroxyl groups is 1. The predicted molar refractivity (Wildman–Crippen MR) is 159 cm³/mol. The van der Waals surface area contributed by atoms with E-state index in [1.165, 1.54) is 25.0 Å². The van der Waals surface area contributed by atoms with Crippen molar-refractivity contribution < 1.29 is 24.2 Å². The van der Waals surface area contributed by atoms with Crippen molar-refractivity contribution in [2.24, 2.45) is 11.8 Å². The summed E-state index contributed by atoms with van der Waals surface area (Å²) in [5.41, 5.74) is 2.64. The van der Waals surface area contributed by atoms with Crippen LogP contribution in [-0.4, -0.2) is 45.8 Å². The average molecular weight is 568 g/mol. The van der Waals surface area contributed by atoms with Crippen LogP contribution in [0.5, 0.6) is 0 Å². The van der Waals surface area contributed by atoms with E-state index in [0.29, 0.717) is 23.6 Å². The Hall–Kier alpha value is -2.96. The topological polar surface area (TPSA) is 83.9 Å². The molecule has 0 aromatic rings. The maximum atomic E-state index is 13.5. The van der Waals surface area contributed by atoms with E-state index in [1.54, 1.807) is 6.92 Å². The van der Waals surface area contributed by atoms with Gasteiger partial charge in [-0.25, -0.2) is 4.79 Å². The van der Waals surface area contributed by atoms with Crippen molar-refractivity contribution in [1.29, 1.82) is 0 Å². The lowest BCUT2D eigenvalue weighted by Gasteiger charge is -2.36. The molecule has 0 unspecified atom stereocenters. The molecule has 1 aliphatic carbocycles. The van der Waals surface area contributed by atoms with Crippen LogP contribution < -0.4 is 0 Å². The molecule has 0 bridgehead atoms. The van der Waals surface area contributed by atoms with Crippen molar-refractivity contribution in [2.75, 3.05) is 6.54 Å². The number of Topliss-reactive ketones (excluding diaryl/α,β-unsaturated/α-hetero) is 2. The molecule has 0 aromatic heterocycles. The van der Waals surface area contributed by atoms with E-state index in [1.807, 2.05) is 23.3 Å². The Labute approximate surface area is 243 Å². The molecule has 6 nitrogen and oxygen atoms in total. The third-order valence-corrected chi connectivity index (χ3v) is 8.29. The molecule has 7 heteroatoms. The summed E-state index contributed by atoms with van der Waals surface area (Å²) < 4.78 is 5.57. The monoisotopic (exact) mass is 567 g/mol. The molecular weight excluding hydrogens is 526 g/mol. The van der Waals surface area contributed by atoms with Gasteiger partial charge in [-0.1, -0.05) is 68.2 Å². The van der Waals surface area contributed by atoms with Crippen LogP contribution in [0.15, 0.2) is 80.7 Å². The molecule has 2 aliphatic heterocycles. The van der Waals surface area contributed by atoms with E-state index < -0.39 is 35.2 Å². The molecule has 0 saturated heterocycles. The van der Waals surface area contributed by atoms with Gasteiger partial charge in [-0.2, -0.15) is 0 Å². The van der Waals surface area contributed by atoms with Gasteiger partial charge in [0.1, 0.15) is 5.57 Å². The van der Waals surface area contributed by atoms with Gasteiger partial charge in [0.2, 0.25) is 5.78 Å². The SMILES string of the molecule is CC[C@H](C)/C=C/C1=CC2=C(Cl)C(=O)[C@@]3(C)OC(=O)C(C(=O)[C@@H](C)[C@@H](C)O)=C3C2=CN1C/C=C(\C)CCC=C(C)C. The standard InChI is InChI=1S/C33H42ClNO5/c1-9-20(4)13-14-24-17-25-26(18-35(24)16-15-21(5)12-10-11-19(2)3)28-27(30(37)22(6)23(7)36)32(39)40-33(28,8)31(38)29(25)34/h11,13-15,17-18,20,22-23,36H,9-10,12,16H2,1-8H3/b14-13+,21-15+/t20-,22-,23+,33-/m0/s1.